The van der Waals surface area contributed by atoms with E-state index in [0.29, 0.717) is 32.7 Å². The van der Waals surface area contributed by atoms with Crippen molar-refractivity contribution in [3.63, 3.8) is 0 Å². The van der Waals surface area contributed by atoms with Gasteiger partial charge in [0, 0.05) is 29.3 Å². The summed E-state index contributed by atoms with van der Waals surface area (Å²) < 4.78 is 31.8. The first-order valence-corrected chi connectivity index (χ1v) is 11.3. The van der Waals surface area contributed by atoms with E-state index in [1.54, 1.807) is 41.8 Å². The molecule has 1 aliphatic rings. The van der Waals surface area contributed by atoms with Gasteiger partial charge in [0.05, 0.1) is 24.3 Å². The molecule has 150 valence electrons. The number of carbonyl (C=O) groups excluding carboxylic acids is 1. The molecule has 0 spiro atoms. The third kappa shape index (κ3) is 5.48. The molecule has 28 heavy (non-hydrogen) atoms. The van der Waals surface area contributed by atoms with E-state index in [0.717, 1.165) is 10.4 Å². The fourth-order valence-corrected chi connectivity index (χ4v) is 4.93. The third-order valence-electron chi connectivity index (χ3n) is 4.31. The van der Waals surface area contributed by atoms with Crippen LogP contribution in [-0.4, -0.2) is 51.1 Å². The van der Waals surface area contributed by atoms with Crippen molar-refractivity contribution in [2.24, 2.45) is 5.10 Å². The van der Waals surface area contributed by atoms with Crippen LogP contribution in [0.4, 0.5) is 0 Å². The van der Waals surface area contributed by atoms with Gasteiger partial charge in [-0.2, -0.15) is 9.41 Å². The van der Waals surface area contributed by atoms with Gasteiger partial charge in [-0.05, 0) is 43.2 Å². The Bertz CT molecular complexity index is 930. The highest BCUT2D eigenvalue weighted by atomic mass is 32.2. The molecule has 1 saturated heterocycles. The van der Waals surface area contributed by atoms with Gasteiger partial charge >= 0.3 is 0 Å². The number of nitrogens with one attached hydrogen (secondary N) is 1. The quantitative estimate of drug-likeness (QED) is 0.548. The summed E-state index contributed by atoms with van der Waals surface area (Å²) >= 11 is 1.60. The van der Waals surface area contributed by atoms with E-state index in [1.807, 2.05) is 19.1 Å². The molecule has 1 aromatic heterocycles. The number of rotatable bonds is 7. The van der Waals surface area contributed by atoms with Crippen molar-refractivity contribution in [1.29, 1.82) is 0 Å². The molecule has 0 atom stereocenters. The van der Waals surface area contributed by atoms with Gasteiger partial charge < -0.3 is 4.74 Å². The molecule has 0 aliphatic carbocycles. The molecular weight excluding hydrogens is 398 g/mol. The van der Waals surface area contributed by atoms with E-state index in [9.17, 15) is 13.2 Å². The van der Waals surface area contributed by atoms with Crippen LogP contribution < -0.4 is 5.43 Å². The van der Waals surface area contributed by atoms with Gasteiger partial charge in [0.2, 0.25) is 15.9 Å². The molecule has 0 unspecified atom stereocenters. The van der Waals surface area contributed by atoms with Gasteiger partial charge in [0.1, 0.15) is 0 Å². The van der Waals surface area contributed by atoms with Crippen LogP contribution in [0.25, 0.3) is 0 Å². The second-order valence-electron chi connectivity index (χ2n) is 6.40. The summed E-state index contributed by atoms with van der Waals surface area (Å²) in [6.45, 7) is 3.59. The molecule has 7 nitrogen and oxygen atoms in total. The molecule has 2 aromatic rings. The average Bonchev–Trinajstić information content (AvgIpc) is 3.12. The van der Waals surface area contributed by atoms with Crippen LogP contribution in [0, 0.1) is 6.92 Å². The summed E-state index contributed by atoms with van der Waals surface area (Å²) in [5.74, 6) is -0.186. The van der Waals surface area contributed by atoms with Crippen LogP contribution in [0.2, 0.25) is 0 Å². The number of hydrogen-bond donors (Lipinski definition) is 1. The van der Waals surface area contributed by atoms with Crippen LogP contribution in [0.5, 0.6) is 0 Å². The molecule has 9 heteroatoms. The summed E-state index contributed by atoms with van der Waals surface area (Å²) in [7, 11) is -3.49. The molecule has 1 aromatic carbocycles. The van der Waals surface area contributed by atoms with E-state index in [1.165, 1.54) is 9.18 Å². The van der Waals surface area contributed by atoms with Gasteiger partial charge in [0.15, 0.2) is 0 Å². The van der Waals surface area contributed by atoms with Crippen LogP contribution in [0.15, 0.2) is 46.4 Å². The van der Waals surface area contributed by atoms with E-state index in [2.05, 4.69) is 10.5 Å². The maximum atomic E-state index is 12.6. The van der Waals surface area contributed by atoms with Crippen molar-refractivity contribution in [3.8, 4) is 0 Å². The molecule has 1 fully saturated rings. The van der Waals surface area contributed by atoms with E-state index in [-0.39, 0.29) is 17.2 Å². The van der Waals surface area contributed by atoms with Gasteiger partial charge in [-0.25, -0.2) is 13.8 Å². The molecular formula is C19H23N3O4S2. The zero-order valence-electron chi connectivity index (χ0n) is 15.6. The summed E-state index contributed by atoms with van der Waals surface area (Å²) in [5.41, 5.74) is 3.41. The van der Waals surface area contributed by atoms with E-state index in [4.69, 9.17) is 4.74 Å². The number of ether oxygens (including phenoxy) is 1. The Morgan fingerprint density at radius 3 is 2.57 bits per heavy atom. The maximum absolute atomic E-state index is 12.6. The molecule has 0 saturated carbocycles. The lowest BCUT2D eigenvalue weighted by Crippen LogP contribution is -2.40. The molecule has 1 N–H and O–H groups in total. The normalized spacial score (nSPS) is 15.8. The fraction of sp³-hybridized carbons (Fsp3) is 0.368. The molecule has 1 amide bonds. The minimum Gasteiger partial charge on any atom is -0.379 e. The average molecular weight is 422 g/mol. The van der Waals surface area contributed by atoms with Gasteiger partial charge in [0.25, 0.3) is 0 Å². The highest BCUT2D eigenvalue weighted by molar-refractivity contribution is 7.89. The van der Waals surface area contributed by atoms with Crippen LogP contribution >= 0.6 is 11.3 Å². The number of hydrazone groups is 1. The van der Waals surface area contributed by atoms with Crippen LogP contribution in [-0.2, 0) is 26.0 Å². The number of benzene rings is 1. The number of carbonyl (C=O) groups is 1. The topological polar surface area (TPSA) is 88.1 Å². The van der Waals surface area contributed by atoms with Crippen molar-refractivity contribution in [1.82, 2.24) is 9.73 Å². The number of thiophene rings is 1. The number of morpholine rings is 1. The number of aryl methyl sites for hydroxylation is 2. The number of hydrogen-bond acceptors (Lipinski definition) is 6. The predicted octanol–water partition coefficient (Wildman–Crippen LogP) is 2.16. The predicted molar refractivity (Wildman–Crippen MR) is 109 cm³/mol. The van der Waals surface area contributed by atoms with Crippen LogP contribution in [0.3, 0.4) is 0 Å². The van der Waals surface area contributed by atoms with Gasteiger partial charge in [-0.15, -0.1) is 11.3 Å². The zero-order chi connectivity index (χ0) is 20.0. The summed E-state index contributed by atoms with van der Waals surface area (Å²) in [4.78, 5) is 14.3. The van der Waals surface area contributed by atoms with Crippen molar-refractivity contribution >= 4 is 33.5 Å². The van der Waals surface area contributed by atoms with Crippen molar-refractivity contribution in [2.45, 2.75) is 24.7 Å². The largest absolute Gasteiger partial charge is 0.379 e. The minimum atomic E-state index is -3.49. The highest BCUT2D eigenvalue weighted by Crippen LogP contribution is 2.18. The maximum Gasteiger partial charge on any atom is 0.243 e. The smallest absolute Gasteiger partial charge is 0.243 e. The highest BCUT2D eigenvalue weighted by Gasteiger charge is 2.26. The number of sulfonamides is 1. The van der Waals surface area contributed by atoms with Crippen molar-refractivity contribution in [2.75, 3.05) is 26.3 Å². The Morgan fingerprint density at radius 1 is 1.21 bits per heavy atom. The molecule has 1 aliphatic heterocycles. The first-order chi connectivity index (χ1) is 13.4. The number of amides is 1. The van der Waals surface area contributed by atoms with Gasteiger partial charge in [-0.3, -0.25) is 4.79 Å². The Morgan fingerprint density at radius 2 is 1.93 bits per heavy atom. The lowest BCUT2D eigenvalue weighted by Gasteiger charge is -2.26. The Balaban J connectivity index is 1.50. The summed E-state index contributed by atoms with van der Waals surface area (Å²) in [5, 5.41) is 3.96. The first-order valence-electron chi connectivity index (χ1n) is 9.00. The second-order valence-corrected chi connectivity index (χ2v) is 9.66. The SMILES string of the molecule is Cc1ccc(/C=N/NC(=O)CCc2ccc(S(=O)(=O)N3CCOCC3)cc2)s1. The van der Waals surface area contributed by atoms with Crippen LogP contribution in [0.1, 0.15) is 21.7 Å². The zero-order valence-corrected chi connectivity index (χ0v) is 17.3. The minimum absolute atomic E-state index is 0.186. The fourth-order valence-electron chi connectivity index (χ4n) is 2.77. The lowest BCUT2D eigenvalue weighted by molar-refractivity contribution is -0.121. The van der Waals surface area contributed by atoms with Gasteiger partial charge in [-0.1, -0.05) is 12.1 Å². The Labute approximate surface area is 169 Å². The molecule has 0 bridgehead atoms. The lowest BCUT2D eigenvalue weighted by atomic mass is 10.1. The first kappa shape index (κ1) is 20.7. The Hall–Kier alpha value is -2.07. The third-order valence-corrected chi connectivity index (χ3v) is 7.16. The van der Waals surface area contributed by atoms with Crippen molar-refractivity contribution < 1.29 is 17.9 Å². The standard InChI is InChI=1S/C19H23N3O4S2/c1-15-2-6-17(27-15)14-20-21-19(23)9-5-16-3-7-18(8-4-16)28(24,25)22-10-12-26-13-11-22/h2-4,6-8,14H,5,9-13H2,1H3,(H,21,23)/b20-14+. The van der Waals surface area contributed by atoms with E-state index < -0.39 is 10.0 Å². The number of nitrogens with zero attached hydrogens (tertiary/aromatic N) is 2. The molecule has 3 rings (SSSR count). The van der Waals surface area contributed by atoms with Crippen molar-refractivity contribution in [3.05, 3.63) is 51.7 Å². The summed E-state index contributed by atoms with van der Waals surface area (Å²) in [6, 6.07) is 10.6. The molecule has 0 radical (unpaired) electrons. The second kappa shape index (κ2) is 9.42. The monoisotopic (exact) mass is 421 g/mol. The molecule has 2 heterocycles. The summed E-state index contributed by atoms with van der Waals surface area (Å²) in [6.07, 6.45) is 2.41. The van der Waals surface area contributed by atoms with E-state index >= 15 is 0 Å². The Kier molecular flexibility index (Phi) is 6.95.